The number of hydrogen-bond acceptors (Lipinski definition) is 3. The molecule has 0 radical (unpaired) electrons. The Morgan fingerprint density at radius 3 is 2.37 bits per heavy atom. The van der Waals surface area contributed by atoms with Crippen LogP contribution < -0.4 is 10.6 Å². The van der Waals surface area contributed by atoms with Gasteiger partial charge >= 0.3 is 0 Å². The van der Waals surface area contributed by atoms with Crippen LogP contribution in [0.5, 0.6) is 0 Å². The average molecular weight is 399 g/mol. The third-order valence-electron chi connectivity index (χ3n) is 5.27. The van der Waals surface area contributed by atoms with Crippen molar-refractivity contribution in [3.63, 3.8) is 0 Å². The van der Waals surface area contributed by atoms with Gasteiger partial charge in [-0.25, -0.2) is 0 Å². The zero-order chi connectivity index (χ0) is 20.9. The Bertz CT molecular complexity index is 1030. The number of rotatable bonds is 7. The summed E-state index contributed by atoms with van der Waals surface area (Å²) in [6.07, 6.45) is 0.685. The van der Waals surface area contributed by atoms with Gasteiger partial charge in [0, 0.05) is 35.5 Å². The summed E-state index contributed by atoms with van der Waals surface area (Å²) in [6.45, 7) is 3.24. The number of amides is 2. The zero-order valence-corrected chi connectivity index (χ0v) is 17.0. The van der Waals surface area contributed by atoms with Gasteiger partial charge in [-0.2, -0.15) is 0 Å². The molecule has 2 N–H and O–H groups in total. The molecular weight excluding hydrogens is 374 g/mol. The van der Waals surface area contributed by atoms with E-state index in [0.29, 0.717) is 18.7 Å². The minimum atomic E-state index is -0.202. The van der Waals surface area contributed by atoms with Crippen molar-refractivity contribution in [3.8, 4) is 0 Å². The van der Waals surface area contributed by atoms with Crippen LogP contribution in [0.15, 0.2) is 78.9 Å². The molecule has 2 amide bonds. The highest BCUT2D eigenvalue weighted by Gasteiger charge is 2.35. The van der Waals surface area contributed by atoms with Gasteiger partial charge in [-0.05, 0) is 42.3 Å². The van der Waals surface area contributed by atoms with Crippen molar-refractivity contribution in [2.75, 3.05) is 11.9 Å². The molecule has 152 valence electrons. The number of carbonyl (C=O) groups is 2. The fourth-order valence-electron chi connectivity index (χ4n) is 3.75. The first-order valence-electron chi connectivity index (χ1n) is 10.3. The Hall–Kier alpha value is -3.60. The molecule has 1 aliphatic heterocycles. The summed E-state index contributed by atoms with van der Waals surface area (Å²) in [4.78, 5) is 27.1. The molecule has 1 aliphatic rings. The molecule has 3 aromatic rings. The van der Waals surface area contributed by atoms with Gasteiger partial charge in [0.05, 0.1) is 0 Å². The van der Waals surface area contributed by atoms with Crippen molar-refractivity contribution in [2.45, 2.75) is 26.1 Å². The Morgan fingerprint density at radius 1 is 0.933 bits per heavy atom. The van der Waals surface area contributed by atoms with Gasteiger partial charge in [-0.1, -0.05) is 55.5 Å². The van der Waals surface area contributed by atoms with Crippen molar-refractivity contribution in [1.29, 1.82) is 0 Å². The highest BCUT2D eigenvalue weighted by atomic mass is 16.2. The summed E-state index contributed by atoms with van der Waals surface area (Å²) in [5.74, 6) is -0.0544. The van der Waals surface area contributed by atoms with Crippen molar-refractivity contribution in [3.05, 3.63) is 101 Å². The number of hydrogen-bond donors (Lipinski definition) is 2. The van der Waals surface area contributed by atoms with Crippen LogP contribution in [0.2, 0.25) is 0 Å². The Labute approximate surface area is 176 Å². The molecule has 1 atom stereocenters. The topological polar surface area (TPSA) is 61.4 Å². The van der Waals surface area contributed by atoms with E-state index in [2.05, 4.69) is 17.6 Å². The quantitative estimate of drug-likeness (QED) is 0.611. The van der Waals surface area contributed by atoms with Crippen LogP contribution in [0, 0.1) is 0 Å². The monoisotopic (exact) mass is 399 g/mol. The molecule has 5 nitrogen and oxygen atoms in total. The number of nitrogens with one attached hydrogen (secondary N) is 2. The maximum atomic E-state index is 12.8. The lowest BCUT2D eigenvalue weighted by Crippen LogP contribution is -2.33. The van der Waals surface area contributed by atoms with Crippen LogP contribution in [0.3, 0.4) is 0 Å². The molecule has 30 heavy (non-hydrogen) atoms. The normalized spacial score (nSPS) is 15.0. The first kappa shape index (κ1) is 19.7. The third-order valence-corrected chi connectivity index (χ3v) is 5.27. The van der Waals surface area contributed by atoms with Crippen molar-refractivity contribution in [1.82, 2.24) is 10.2 Å². The van der Waals surface area contributed by atoms with Crippen LogP contribution >= 0.6 is 0 Å². The molecule has 0 spiro atoms. The summed E-state index contributed by atoms with van der Waals surface area (Å²) in [5.41, 5.74) is 4.26. The molecule has 0 saturated heterocycles. The number of fused-ring (bicyclic) bond motifs is 1. The van der Waals surface area contributed by atoms with Crippen LogP contribution in [0.25, 0.3) is 0 Å². The van der Waals surface area contributed by atoms with Crippen molar-refractivity contribution < 1.29 is 9.59 Å². The van der Waals surface area contributed by atoms with Crippen LogP contribution in [0.1, 0.15) is 51.4 Å². The van der Waals surface area contributed by atoms with Gasteiger partial charge in [0.15, 0.2) is 0 Å². The van der Waals surface area contributed by atoms with E-state index < -0.39 is 0 Å². The molecule has 0 saturated carbocycles. The number of anilines is 1. The first-order chi connectivity index (χ1) is 14.7. The largest absolute Gasteiger partial charge is 0.361 e. The molecule has 0 fully saturated rings. The molecule has 4 rings (SSSR count). The lowest BCUT2D eigenvalue weighted by Gasteiger charge is -2.26. The third kappa shape index (κ3) is 4.06. The molecule has 0 bridgehead atoms. The molecule has 0 aromatic heterocycles. The van der Waals surface area contributed by atoms with Gasteiger partial charge in [-0.15, -0.1) is 0 Å². The van der Waals surface area contributed by atoms with E-state index in [1.807, 2.05) is 71.6 Å². The van der Waals surface area contributed by atoms with Gasteiger partial charge in [0.2, 0.25) is 0 Å². The lowest BCUT2D eigenvalue weighted by molar-refractivity contribution is 0.0743. The standard InChI is InChI=1S/C25H25N3O2/c1-2-16-28-23(21-10-6-7-11-22(21)25(28)30)27-20-14-12-19(13-15-20)24(29)26-17-18-8-4-3-5-9-18/h3-15,23,27H,2,16-17H2,1H3,(H,26,29)/t23-/m1/s1. The number of nitrogens with zero attached hydrogens (tertiary/aromatic N) is 1. The molecule has 0 aliphatic carbocycles. The van der Waals surface area contributed by atoms with E-state index in [4.69, 9.17) is 0 Å². The van der Waals surface area contributed by atoms with Gasteiger partial charge < -0.3 is 15.5 Å². The molecule has 1 heterocycles. The maximum Gasteiger partial charge on any atom is 0.256 e. The van der Waals surface area contributed by atoms with E-state index in [0.717, 1.165) is 28.8 Å². The summed E-state index contributed by atoms with van der Waals surface area (Å²) >= 11 is 0. The molecule has 3 aromatic carbocycles. The highest BCUT2D eigenvalue weighted by Crippen LogP contribution is 2.34. The van der Waals surface area contributed by atoms with E-state index in [-0.39, 0.29) is 18.0 Å². The predicted octanol–water partition coefficient (Wildman–Crippen LogP) is 4.59. The van der Waals surface area contributed by atoms with E-state index in [1.54, 1.807) is 12.1 Å². The van der Waals surface area contributed by atoms with Gasteiger partial charge in [-0.3, -0.25) is 9.59 Å². The second-order valence-electron chi connectivity index (χ2n) is 7.38. The van der Waals surface area contributed by atoms with Crippen LogP contribution in [-0.2, 0) is 6.54 Å². The lowest BCUT2D eigenvalue weighted by atomic mass is 10.1. The van der Waals surface area contributed by atoms with E-state index in [1.165, 1.54) is 0 Å². The van der Waals surface area contributed by atoms with E-state index >= 15 is 0 Å². The fraction of sp³-hybridized carbons (Fsp3) is 0.200. The second-order valence-corrected chi connectivity index (χ2v) is 7.38. The predicted molar refractivity (Wildman–Crippen MR) is 118 cm³/mol. The minimum Gasteiger partial charge on any atom is -0.361 e. The average Bonchev–Trinajstić information content (AvgIpc) is 3.05. The molecule has 5 heteroatoms. The van der Waals surface area contributed by atoms with Crippen LogP contribution in [-0.4, -0.2) is 23.3 Å². The Balaban J connectivity index is 1.45. The SMILES string of the molecule is CCCN1C(=O)c2ccccc2[C@@H]1Nc1ccc(C(=O)NCc2ccccc2)cc1. The minimum absolute atomic E-state index is 0.0573. The summed E-state index contributed by atoms with van der Waals surface area (Å²) in [6, 6.07) is 24.9. The van der Waals surface area contributed by atoms with Crippen molar-refractivity contribution in [2.24, 2.45) is 0 Å². The Kier molecular flexibility index (Phi) is 5.80. The van der Waals surface area contributed by atoms with Gasteiger partial charge in [0.1, 0.15) is 6.17 Å². The Morgan fingerprint density at radius 2 is 1.63 bits per heavy atom. The highest BCUT2D eigenvalue weighted by molar-refractivity contribution is 5.99. The summed E-state index contributed by atoms with van der Waals surface area (Å²) in [5, 5.41) is 6.40. The summed E-state index contributed by atoms with van der Waals surface area (Å²) in [7, 11) is 0. The van der Waals surface area contributed by atoms with E-state index in [9.17, 15) is 9.59 Å². The second kappa shape index (κ2) is 8.82. The summed E-state index contributed by atoms with van der Waals surface area (Å²) < 4.78 is 0. The number of carbonyl (C=O) groups excluding carboxylic acids is 2. The first-order valence-corrected chi connectivity index (χ1v) is 10.3. The molecular formula is C25H25N3O2. The molecule has 0 unspecified atom stereocenters. The van der Waals surface area contributed by atoms with Crippen LogP contribution in [0.4, 0.5) is 5.69 Å². The number of benzene rings is 3. The van der Waals surface area contributed by atoms with Gasteiger partial charge in [0.25, 0.3) is 11.8 Å². The fourth-order valence-corrected chi connectivity index (χ4v) is 3.75. The van der Waals surface area contributed by atoms with Crippen molar-refractivity contribution >= 4 is 17.5 Å². The maximum absolute atomic E-state index is 12.8. The smallest absolute Gasteiger partial charge is 0.256 e. The zero-order valence-electron chi connectivity index (χ0n) is 17.0.